The van der Waals surface area contributed by atoms with Gasteiger partial charge in [0.2, 0.25) is 0 Å². The second-order valence-electron chi connectivity index (χ2n) is 5.55. The Balaban J connectivity index is 2.34. The van der Waals surface area contributed by atoms with Crippen molar-refractivity contribution in [2.75, 3.05) is 6.54 Å². The second kappa shape index (κ2) is 5.38. The Labute approximate surface area is 102 Å². The summed E-state index contributed by atoms with van der Waals surface area (Å²) in [5, 5.41) is 14.2. The predicted molar refractivity (Wildman–Crippen MR) is 64.8 cm³/mol. The van der Waals surface area contributed by atoms with Crippen molar-refractivity contribution < 1.29 is 14.7 Å². The van der Waals surface area contributed by atoms with Crippen LogP contribution in [0, 0.1) is 11.3 Å². The van der Waals surface area contributed by atoms with Crippen LogP contribution in [0.15, 0.2) is 0 Å². The monoisotopic (exact) mass is 242 g/mol. The predicted octanol–water partition coefficient (Wildman–Crippen LogP) is 1.58. The maximum Gasteiger partial charge on any atom is 0.326 e. The maximum absolute atomic E-state index is 11.6. The third-order valence-electron chi connectivity index (χ3n) is 3.46. The van der Waals surface area contributed by atoms with Crippen molar-refractivity contribution in [1.29, 1.82) is 0 Å². The first kappa shape index (κ1) is 13.8. The van der Waals surface area contributed by atoms with Gasteiger partial charge in [-0.1, -0.05) is 27.2 Å². The van der Waals surface area contributed by atoms with E-state index in [2.05, 4.69) is 17.6 Å². The number of carboxylic acids is 1. The minimum Gasteiger partial charge on any atom is -0.480 e. The third-order valence-corrected chi connectivity index (χ3v) is 3.46. The lowest BCUT2D eigenvalue weighted by atomic mass is 9.70. The minimum atomic E-state index is -0.995. The molecule has 1 atom stereocenters. The number of hydrogen-bond donors (Lipinski definition) is 3. The van der Waals surface area contributed by atoms with E-state index in [1.807, 2.05) is 0 Å². The number of rotatable bonds is 5. The summed E-state index contributed by atoms with van der Waals surface area (Å²) in [6.45, 7) is 6.29. The summed E-state index contributed by atoms with van der Waals surface area (Å²) in [6, 6.07) is -1.22. The highest BCUT2D eigenvalue weighted by atomic mass is 16.4. The van der Waals surface area contributed by atoms with E-state index < -0.39 is 12.0 Å². The van der Waals surface area contributed by atoms with Crippen LogP contribution in [-0.4, -0.2) is 29.7 Å². The van der Waals surface area contributed by atoms with Crippen molar-refractivity contribution in [3.05, 3.63) is 0 Å². The number of aliphatic carboxylic acids is 1. The molecule has 3 N–H and O–H groups in total. The molecule has 5 heteroatoms. The summed E-state index contributed by atoms with van der Waals surface area (Å²) in [4.78, 5) is 22.5. The smallest absolute Gasteiger partial charge is 0.326 e. The second-order valence-corrected chi connectivity index (χ2v) is 5.55. The van der Waals surface area contributed by atoms with E-state index in [0.29, 0.717) is 6.54 Å². The highest BCUT2D eigenvalue weighted by Crippen LogP contribution is 2.39. The van der Waals surface area contributed by atoms with Crippen LogP contribution in [0.3, 0.4) is 0 Å². The zero-order chi connectivity index (χ0) is 13.1. The number of hydrogen-bond acceptors (Lipinski definition) is 2. The minimum absolute atomic E-state index is 0.127. The Morgan fingerprint density at radius 1 is 1.35 bits per heavy atom. The van der Waals surface area contributed by atoms with Crippen molar-refractivity contribution in [3.8, 4) is 0 Å². The third kappa shape index (κ3) is 3.91. The molecule has 0 heterocycles. The molecule has 0 radical (unpaired) electrons. The number of carbonyl (C=O) groups is 2. The SMILES string of the molecule is CC(C)[C@@H](NC(=O)NCC1(C)CCC1)C(=O)O. The summed E-state index contributed by atoms with van der Waals surface area (Å²) in [5.41, 5.74) is 0.202. The van der Waals surface area contributed by atoms with Gasteiger partial charge < -0.3 is 15.7 Å². The fourth-order valence-electron chi connectivity index (χ4n) is 1.96. The molecule has 0 aromatic rings. The zero-order valence-corrected chi connectivity index (χ0v) is 10.7. The molecule has 0 saturated heterocycles. The van der Waals surface area contributed by atoms with Crippen LogP contribution in [0.5, 0.6) is 0 Å². The normalized spacial score (nSPS) is 19.3. The molecule has 1 saturated carbocycles. The van der Waals surface area contributed by atoms with E-state index in [-0.39, 0.29) is 17.4 Å². The van der Waals surface area contributed by atoms with Gasteiger partial charge >= 0.3 is 12.0 Å². The summed E-state index contributed by atoms with van der Waals surface area (Å²) >= 11 is 0. The zero-order valence-electron chi connectivity index (χ0n) is 10.7. The fraction of sp³-hybridized carbons (Fsp3) is 0.833. The van der Waals surface area contributed by atoms with Crippen molar-refractivity contribution in [2.45, 2.75) is 46.1 Å². The highest BCUT2D eigenvalue weighted by Gasteiger charge is 2.32. The number of carbonyl (C=O) groups excluding carboxylic acids is 1. The van der Waals surface area contributed by atoms with E-state index in [1.165, 1.54) is 6.42 Å². The summed E-state index contributed by atoms with van der Waals surface area (Å²) in [6.07, 6.45) is 3.46. The molecule has 98 valence electrons. The number of amides is 2. The number of carboxylic acid groups (broad SMARTS) is 1. The Bertz CT molecular complexity index is 298. The lowest BCUT2D eigenvalue weighted by Crippen LogP contribution is -2.51. The van der Waals surface area contributed by atoms with Gasteiger partial charge in [0.05, 0.1) is 0 Å². The molecule has 0 aromatic heterocycles. The maximum atomic E-state index is 11.6. The van der Waals surface area contributed by atoms with Crippen LogP contribution in [0.25, 0.3) is 0 Å². The van der Waals surface area contributed by atoms with Crippen molar-refractivity contribution in [2.24, 2.45) is 11.3 Å². The van der Waals surface area contributed by atoms with E-state index in [9.17, 15) is 9.59 Å². The van der Waals surface area contributed by atoms with Crippen LogP contribution in [0.2, 0.25) is 0 Å². The molecular formula is C12H22N2O3. The van der Waals surface area contributed by atoms with Gasteiger partial charge in [0.25, 0.3) is 0 Å². The molecule has 0 unspecified atom stereocenters. The Morgan fingerprint density at radius 3 is 2.29 bits per heavy atom. The summed E-state index contributed by atoms with van der Waals surface area (Å²) in [7, 11) is 0. The molecule has 0 aromatic carbocycles. The largest absolute Gasteiger partial charge is 0.480 e. The van der Waals surface area contributed by atoms with E-state index in [1.54, 1.807) is 13.8 Å². The quantitative estimate of drug-likeness (QED) is 0.685. The molecular weight excluding hydrogens is 220 g/mol. The van der Waals surface area contributed by atoms with Gasteiger partial charge in [0, 0.05) is 6.54 Å². The van der Waals surface area contributed by atoms with Gasteiger partial charge in [-0.3, -0.25) is 0 Å². The van der Waals surface area contributed by atoms with Crippen LogP contribution >= 0.6 is 0 Å². The van der Waals surface area contributed by atoms with E-state index in [4.69, 9.17) is 5.11 Å². The van der Waals surface area contributed by atoms with E-state index in [0.717, 1.165) is 12.8 Å². The molecule has 2 amide bonds. The first-order valence-electron chi connectivity index (χ1n) is 6.11. The molecule has 5 nitrogen and oxygen atoms in total. The van der Waals surface area contributed by atoms with Crippen LogP contribution in [0.4, 0.5) is 4.79 Å². The number of urea groups is 1. The Hall–Kier alpha value is -1.26. The molecule has 1 aliphatic rings. The van der Waals surface area contributed by atoms with Crippen LogP contribution in [-0.2, 0) is 4.79 Å². The molecule has 17 heavy (non-hydrogen) atoms. The van der Waals surface area contributed by atoms with Crippen LogP contribution < -0.4 is 10.6 Å². The van der Waals surface area contributed by atoms with Gasteiger partial charge in [-0.25, -0.2) is 9.59 Å². The molecule has 1 rings (SSSR count). The molecule has 1 fully saturated rings. The fourth-order valence-corrected chi connectivity index (χ4v) is 1.96. The Morgan fingerprint density at radius 2 is 1.94 bits per heavy atom. The average Bonchev–Trinajstić information content (AvgIpc) is 2.19. The molecule has 0 spiro atoms. The lowest BCUT2D eigenvalue weighted by Gasteiger charge is -2.38. The lowest BCUT2D eigenvalue weighted by molar-refractivity contribution is -0.140. The molecule has 0 bridgehead atoms. The molecule has 1 aliphatic carbocycles. The topological polar surface area (TPSA) is 78.4 Å². The van der Waals surface area contributed by atoms with Crippen molar-refractivity contribution in [3.63, 3.8) is 0 Å². The van der Waals surface area contributed by atoms with Crippen molar-refractivity contribution in [1.82, 2.24) is 10.6 Å². The average molecular weight is 242 g/mol. The first-order chi connectivity index (χ1) is 7.84. The van der Waals surface area contributed by atoms with Gasteiger partial charge in [0.1, 0.15) is 6.04 Å². The van der Waals surface area contributed by atoms with Crippen LogP contribution in [0.1, 0.15) is 40.0 Å². The summed E-state index contributed by atoms with van der Waals surface area (Å²) in [5.74, 6) is -1.12. The van der Waals surface area contributed by atoms with E-state index >= 15 is 0 Å². The molecule has 0 aliphatic heterocycles. The Kier molecular flexibility index (Phi) is 4.37. The van der Waals surface area contributed by atoms with Gasteiger partial charge in [0.15, 0.2) is 0 Å². The highest BCUT2D eigenvalue weighted by molar-refractivity contribution is 5.82. The number of nitrogens with one attached hydrogen (secondary N) is 2. The van der Waals surface area contributed by atoms with Gasteiger partial charge in [-0.2, -0.15) is 0 Å². The van der Waals surface area contributed by atoms with Gasteiger partial charge in [-0.15, -0.1) is 0 Å². The van der Waals surface area contributed by atoms with Gasteiger partial charge in [-0.05, 0) is 24.2 Å². The standard InChI is InChI=1S/C12H22N2O3/c1-8(2)9(10(15)16)14-11(17)13-7-12(3)5-4-6-12/h8-9H,4-7H2,1-3H3,(H,15,16)(H2,13,14,17)/t9-/m1/s1. The van der Waals surface area contributed by atoms with Crippen molar-refractivity contribution >= 4 is 12.0 Å². The summed E-state index contributed by atoms with van der Waals surface area (Å²) < 4.78 is 0. The first-order valence-corrected chi connectivity index (χ1v) is 6.11.